The number of amides is 1. The standard InChI is InChI=1S/C19H19FN2O5S/c1-28(25,26)22-9-8-14-10-15(4-7-17(14)22)19(24)27-12-18(23)21-11-13-2-5-16(20)6-3-13/h2-7,10H,8-9,11-12H2,1H3,(H,21,23). The first-order valence-electron chi connectivity index (χ1n) is 8.53. The summed E-state index contributed by atoms with van der Waals surface area (Å²) in [5, 5.41) is 2.58. The Morgan fingerprint density at radius 1 is 1.18 bits per heavy atom. The topological polar surface area (TPSA) is 92.8 Å². The van der Waals surface area contributed by atoms with Crippen LogP contribution in [0.1, 0.15) is 21.5 Å². The predicted octanol–water partition coefficient (Wildman–Crippen LogP) is 1.62. The van der Waals surface area contributed by atoms with Crippen molar-refractivity contribution in [2.24, 2.45) is 0 Å². The number of fused-ring (bicyclic) bond motifs is 1. The Kier molecular flexibility index (Phi) is 5.64. The van der Waals surface area contributed by atoms with E-state index in [1.165, 1.54) is 22.5 Å². The van der Waals surface area contributed by atoms with E-state index in [9.17, 15) is 22.4 Å². The fraction of sp³-hybridized carbons (Fsp3) is 0.263. The second kappa shape index (κ2) is 7.97. The normalized spacial score (nSPS) is 13.1. The number of rotatable bonds is 6. The molecular formula is C19H19FN2O5S. The number of esters is 1. The second-order valence-electron chi connectivity index (χ2n) is 6.41. The summed E-state index contributed by atoms with van der Waals surface area (Å²) < 4.78 is 42.6. The van der Waals surface area contributed by atoms with E-state index in [1.54, 1.807) is 24.3 Å². The Hall–Kier alpha value is -2.94. The Morgan fingerprint density at radius 3 is 2.57 bits per heavy atom. The summed E-state index contributed by atoms with van der Waals surface area (Å²) in [5.41, 5.74) is 2.26. The minimum absolute atomic E-state index is 0.191. The third-order valence-corrected chi connectivity index (χ3v) is 5.49. The van der Waals surface area contributed by atoms with E-state index in [0.29, 0.717) is 18.7 Å². The summed E-state index contributed by atoms with van der Waals surface area (Å²) in [7, 11) is -3.36. The number of sulfonamides is 1. The smallest absolute Gasteiger partial charge is 0.338 e. The summed E-state index contributed by atoms with van der Waals surface area (Å²) in [6.07, 6.45) is 1.64. The maximum Gasteiger partial charge on any atom is 0.338 e. The molecule has 0 atom stereocenters. The van der Waals surface area contributed by atoms with Gasteiger partial charge in [0.25, 0.3) is 5.91 Å². The predicted molar refractivity (Wildman–Crippen MR) is 101 cm³/mol. The van der Waals surface area contributed by atoms with Crippen LogP contribution in [0.3, 0.4) is 0 Å². The number of nitrogens with zero attached hydrogens (tertiary/aromatic N) is 1. The zero-order chi connectivity index (χ0) is 20.3. The Morgan fingerprint density at radius 2 is 1.89 bits per heavy atom. The van der Waals surface area contributed by atoms with Crippen LogP contribution in [0.5, 0.6) is 0 Å². The van der Waals surface area contributed by atoms with E-state index in [-0.39, 0.29) is 17.9 Å². The van der Waals surface area contributed by atoms with Gasteiger partial charge in [0.05, 0.1) is 17.5 Å². The van der Waals surface area contributed by atoms with Crippen molar-refractivity contribution in [3.8, 4) is 0 Å². The van der Waals surface area contributed by atoms with Crippen molar-refractivity contribution in [2.75, 3.05) is 23.7 Å². The minimum Gasteiger partial charge on any atom is -0.452 e. The molecule has 2 aromatic rings. The third kappa shape index (κ3) is 4.66. The average molecular weight is 406 g/mol. The maximum absolute atomic E-state index is 12.8. The molecule has 7 nitrogen and oxygen atoms in total. The minimum atomic E-state index is -3.36. The van der Waals surface area contributed by atoms with Gasteiger partial charge in [0, 0.05) is 13.1 Å². The molecule has 0 saturated heterocycles. The van der Waals surface area contributed by atoms with Crippen molar-refractivity contribution < 1.29 is 27.1 Å². The summed E-state index contributed by atoms with van der Waals surface area (Å²) >= 11 is 0. The van der Waals surface area contributed by atoms with E-state index < -0.39 is 28.5 Å². The monoisotopic (exact) mass is 406 g/mol. The largest absolute Gasteiger partial charge is 0.452 e. The highest BCUT2D eigenvalue weighted by atomic mass is 32.2. The van der Waals surface area contributed by atoms with Gasteiger partial charge in [-0.15, -0.1) is 0 Å². The van der Waals surface area contributed by atoms with E-state index in [2.05, 4.69) is 5.32 Å². The zero-order valence-electron chi connectivity index (χ0n) is 15.1. The molecule has 1 heterocycles. The Bertz CT molecular complexity index is 1010. The number of nitrogens with one attached hydrogen (secondary N) is 1. The molecule has 0 bridgehead atoms. The van der Waals surface area contributed by atoms with Crippen LogP contribution in [0.2, 0.25) is 0 Å². The zero-order valence-corrected chi connectivity index (χ0v) is 16.0. The molecule has 0 radical (unpaired) electrons. The first-order valence-corrected chi connectivity index (χ1v) is 10.4. The van der Waals surface area contributed by atoms with Crippen LogP contribution in [-0.4, -0.2) is 39.7 Å². The third-order valence-electron chi connectivity index (χ3n) is 4.31. The van der Waals surface area contributed by atoms with Crippen LogP contribution in [0.4, 0.5) is 10.1 Å². The summed E-state index contributed by atoms with van der Waals surface area (Å²) in [5.74, 6) is -1.52. The van der Waals surface area contributed by atoms with Gasteiger partial charge in [-0.25, -0.2) is 17.6 Å². The van der Waals surface area contributed by atoms with E-state index >= 15 is 0 Å². The van der Waals surface area contributed by atoms with Gasteiger partial charge in [0.1, 0.15) is 5.82 Å². The van der Waals surface area contributed by atoms with Gasteiger partial charge in [-0.05, 0) is 47.9 Å². The molecule has 0 fully saturated rings. The van der Waals surface area contributed by atoms with Crippen LogP contribution in [-0.2, 0) is 32.5 Å². The molecule has 28 heavy (non-hydrogen) atoms. The lowest BCUT2D eigenvalue weighted by Gasteiger charge is -2.16. The maximum atomic E-state index is 12.8. The molecule has 9 heteroatoms. The Labute approximate surface area is 162 Å². The molecule has 1 aliphatic rings. The molecule has 0 aliphatic carbocycles. The van der Waals surface area contributed by atoms with E-state index in [4.69, 9.17) is 4.74 Å². The van der Waals surface area contributed by atoms with Crippen molar-refractivity contribution in [1.29, 1.82) is 0 Å². The lowest BCUT2D eigenvalue weighted by atomic mass is 10.1. The summed E-state index contributed by atoms with van der Waals surface area (Å²) in [4.78, 5) is 24.0. The second-order valence-corrected chi connectivity index (χ2v) is 8.31. The van der Waals surface area contributed by atoms with Gasteiger partial charge < -0.3 is 10.1 Å². The van der Waals surface area contributed by atoms with Crippen LogP contribution in [0.25, 0.3) is 0 Å². The van der Waals surface area contributed by atoms with Gasteiger partial charge in [0.15, 0.2) is 6.61 Å². The van der Waals surface area contributed by atoms with Crippen molar-refractivity contribution in [3.63, 3.8) is 0 Å². The molecule has 1 aliphatic heterocycles. The van der Waals surface area contributed by atoms with Gasteiger partial charge in [0.2, 0.25) is 10.0 Å². The molecule has 3 rings (SSSR count). The molecule has 0 spiro atoms. The molecule has 2 aromatic carbocycles. The highest BCUT2D eigenvalue weighted by Crippen LogP contribution is 2.30. The number of carbonyl (C=O) groups is 2. The molecule has 0 aromatic heterocycles. The SMILES string of the molecule is CS(=O)(=O)N1CCc2cc(C(=O)OCC(=O)NCc3ccc(F)cc3)ccc21. The van der Waals surface area contributed by atoms with Crippen LogP contribution < -0.4 is 9.62 Å². The first-order chi connectivity index (χ1) is 13.2. The quantitative estimate of drug-likeness (QED) is 0.736. The van der Waals surface area contributed by atoms with Gasteiger partial charge in [-0.3, -0.25) is 9.10 Å². The highest BCUT2D eigenvalue weighted by Gasteiger charge is 2.27. The molecular weight excluding hydrogens is 387 g/mol. The molecule has 1 amide bonds. The number of benzene rings is 2. The fourth-order valence-electron chi connectivity index (χ4n) is 2.91. The van der Waals surface area contributed by atoms with E-state index in [0.717, 1.165) is 17.4 Å². The van der Waals surface area contributed by atoms with Crippen LogP contribution in [0.15, 0.2) is 42.5 Å². The van der Waals surface area contributed by atoms with Crippen LogP contribution in [0, 0.1) is 5.82 Å². The highest BCUT2D eigenvalue weighted by molar-refractivity contribution is 7.92. The summed E-state index contributed by atoms with van der Waals surface area (Å²) in [6, 6.07) is 10.3. The van der Waals surface area contributed by atoms with Crippen molar-refractivity contribution in [1.82, 2.24) is 5.32 Å². The molecule has 148 valence electrons. The first kappa shape index (κ1) is 19.8. The lowest BCUT2D eigenvalue weighted by Crippen LogP contribution is -2.28. The Balaban J connectivity index is 1.54. The van der Waals surface area contributed by atoms with Crippen molar-refractivity contribution in [3.05, 3.63) is 65.0 Å². The number of halogens is 1. The fourth-order valence-corrected chi connectivity index (χ4v) is 3.87. The number of anilines is 1. The van der Waals surface area contributed by atoms with Crippen molar-refractivity contribution in [2.45, 2.75) is 13.0 Å². The number of ether oxygens (including phenoxy) is 1. The number of hydrogen-bond acceptors (Lipinski definition) is 5. The van der Waals surface area contributed by atoms with Gasteiger partial charge in [-0.1, -0.05) is 12.1 Å². The van der Waals surface area contributed by atoms with Gasteiger partial charge >= 0.3 is 5.97 Å². The lowest BCUT2D eigenvalue weighted by molar-refractivity contribution is -0.124. The molecule has 1 N–H and O–H groups in total. The average Bonchev–Trinajstić information content (AvgIpc) is 3.09. The number of carbonyl (C=O) groups excluding carboxylic acids is 2. The number of hydrogen-bond donors (Lipinski definition) is 1. The summed E-state index contributed by atoms with van der Waals surface area (Å²) in [6.45, 7) is 0.0713. The van der Waals surface area contributed by atoms with Crippen LogP contribution >= 0.6 is 0 Å². The molecule has 0 unspecified atom stereocenters. The van der Waals surface area contributed by atoms with E-state index in [1.807, 2.05) is 0 Å². The molecule has 0 saturated carbocycles. The van der Waals surface area contributed by atoms with Gasteiger partial charge in [-0.2, -0.15) is 0 Å². The van der Waals surface area contributed by atoms with Crippen molar-refractivity contribution >= 4 is 27.6 Å².